The first-order valence-corrected chi connectivity index (χ1v) is 7.85. The summed E-state index contributed by atoms with van der Waals surface area (Å²) in [5.41, 5.74) is 0.751. The number of aryl methyl sites for hydroxylation is 1. The van der Waals surface area contributed by atoms with E-state index in [1.54, 1.807) is 10.9 Å². The molecule has 0 bridgehead atoms. The van der Waals surface area contributed by atoms with Crippen molar-refractivity contribution < 1.29 is 0 Å². The van der Waals surface area contributed by atoms with Crippen molar-refractivity contribution >= 4 is 28.6 Å². The van der Waals surface area contributed by atoms with E-state index in [2.05, 4.69) is 39.1 Å². The summed E-state index contributed by atoms with van der Waals surface area (Å²) in [4.78, 5) is 11.2. The van der Waals surface area contributed by atoms with E-state index in [9.17, 15) is 0 Å². The Hall–Kier alpha value is -1.40. The molecule has 0 unspecified atom stereocenters. The average Bonchev–Trinajstić information content (AvgIpc) is 2.77. The highest BCUT2D eigenvalue weighted by molar-refractivity contribution is 6.34. The van der Waals surface area contributed by atoms with Gasteiger partial charge in [0, 0.05) is 19.8 Å². The molecule has 0 aliphatic carbocycles. The van der Waals surface area contributed by atoms with Crippen molar-refractivity contribution in [2.24, 2.45) is 7.05 Å². The van der Waals surface area contributed by atoms with E-state index in [0.717, 1.165) is 43.6 Å². The summed E-state index contributed by atoms with van der Waals surface area (Å²) >= 11 is 6.00. The maximum atomic E-state index is 6.00. The minimum Gasteiger partial charge on any atom is -0.354 e. The summed E-state index contributed by atoms with van der Waals surface area (Å²) in [6, 6.07) is 0. The minimum atomic E-state index is 0.443. The lowest BCUT2D eigenvalue weighted by Gasteiger charge is -2.17. The number of halogens is 1. The van der Waals surface area contributed by atoms with E-state index in [-0.39, 0.29) is 0 Å². The fourth-order valence-electron chi connectivity index (χ4n) is 2.28. The molecule has 7 heteroatoms. The minimum absolute atomic E-state index is 0.443. The van der Waals surface area contributed by atoms with Crippen molar-refractivity contribution in [1.29, 1.82) is 0 Å². The summed E-state index contributed by atoms with van der Waals surface area (Å²) in [6.07, 6.45) is 3.99. The number of unbranched alkanes of at least 4 members (excludes halogenated alkanes) is 1. The first-order chi connectivity index (χ1) is 10.2. The summed E-state index contributed by atoms with van der Waals surface area (Å²) in [7, 11) is 1.83. The number of nitrogens with zero attached hydrogens (tertiary/aromatic N) is 5. The van der Waals surface area contributed by atoms with Crippen molar-refractivity contribution in [2.75, 3.05) is 31.5 Å². The van der Waals surface area contributed by atoms with Crippen LogP contribution in [0.2, 0.25) is 5.15 Å². The summed E-state index contributed by atoms with van der Waals surface area (Å²) in [6.45, 7) is 8.65. The molecule has 0 aliphatic rings. The summed E-state index contributed by atoms with van der Waals surface area (Å²) in [5.74, 6) is 0.630. The molecule has 6 nitrogen and oxygen atoms in total. The van der Waals surface area contributed by atoms with Crippen LogP contribution in [0, 0.1) is 0 Å². The Kier molecular flexibility index (Phi) is 5.76. The highest BCUT2D eigenvalue weighted by Gasteiger charge is 2.09. The van der Waals surface area contributed by atoms with Gasteiger partial charge in [-0.1, -0.05) is 25.4 Å². The molecule has 0 amide bonds. The molecule has 0 saturated heterocycles. The predicted octanol–water partition coefficient (Wildman–Crippen LogP) is 2.55. The zero-order chi connectivity index (χ0) is 15.2. The first kappa shape index (κ1) is 16.0. The van der Waals surface area contributed by atoms with Gasteiger partial charge in [-0.05, 0) is 32.5 Å². The van der Waals surface area contributed by atoms with Crippen LogP contribution >= 0.6 is 11.6 Å². The van der Waals surface area contributed by atoms with Crippen molar-refractivity contribution in [1.82, 2.24) is 24.6 Å². The van der Waals surface area contributed by atoms with Gasteiger partial charge in [0.25, 0.3) is 0 Å². The third-order valence-corrected chi connectivity index (χ3v) is 3.89. The molecular weight excluding hydrogens is 288 g/mol. The van der Waals surface area contributed by atoms with Gasteiger partial charge < -0.3 is 10.2 Å². The molecule has 0 fully saturated rings. The number of hydrogen-bond donors (Lipinski definition) is 1. The Bertz CT molecular complexity index is 578. The number of aromatic nitrogens is 4. The normalized spacial score (nSPS) is 11.5. The van der Waals surface area contributed by atoms with E-state index in [0.29, 0.717) is 11.1 Å². The Morgan fingerprint density at radius 3 is 2.76 bits per heavy atom. The number of hydrogen-bond acceptors (Lipinski definition) is 5. The standard InChI is InChI=1S/C14H23ClN6/c1-4-21(5-2)9-7-6-8-16-14-17-10-11-12(15)19-20(3)13(11)18-14/h10H,4-9H2,1-3H3,(H,16,17,18). The van der Waals surface area contributed by atoms with Crippen LogP contribution in [0.15, 0.2) is 6.20 Å². The lowest BCUT2D eigenvalue weighted by molar-refractivity contribution is 0.298. The Morgan fingerprint density at radius 2 is 2.05 bits per heavy atom. The van der Waals surface area contributed by atoms with Gasteiger partial charge in [-0.25, -0.2) is 9.67 Å². The highest BCUT2D eigenvalue weighted by Crippen LogP contribution is 2.20. The van der Waals surface area contributed by atoms with Crippen LogP contribution in [0.1, 0.15) is 26.7 Å². The van der Waals surface area contributed by atoms with E-state index < -0.39 is 0 Å². The second-order valence-electron chi connectivity index (χ2n) is 5.01. The molecule has 2 aromatic heterocycles. The van der Waals surface area contributed by atoms with E-state index >= 15 is 0 Å². The van der Waals surface area contributed by atoms with Gasteiger partial charge in [0.15, 0.2) is 10.8 Å². The van der Waals surface area contributed by atoms with Crippen LogP contribution in [-0.4, -0.2) is 50.8 Å². The Morgan fingerprint density at radius 1 is 1.29 bits per heavy atom. The average molecular weight is 311 g/mol. The number of nitrogens with one attached hydrogen (secondary N) is 1. The zero-order valence-electron chi connectivity index (χ0n) is 12.9. The number of rotatable bonds is 8. The molecule has 21 heavy (non-hydrogen) atoms. The van der Waals surface area contributed by atoms with Crippen molar-refractivity contribution in [3.63, 3.8) is 0 Å². The van der Waals surface area contributed by atoms with Crippen LogP contribution in [-0.2, 0) is 7.05 Å². The van der Waals surface area contributed by atoms with Gasteiger partial charge in [0.2, 0.25) is 5.95 Å². The molecule has 0 aromatic carbocycles. The molecule has 0 atom stereocenters. The van der Waals surface area contributed by atoms with Crippen molar-refractivity contribution in [3.8, 4) is 0 Å². The SMILES string of the molecule is CCN(CC)CCCCNc1ncc2c(Cl)nn(C)c2n1. The van der Waals surface area contributed by atoms with Gasteiger partial charge >= 0.3 is 0 Å². The second kappa shape index (κ2) is 7.56. The van der Waals surface area contributed by atoms with Gasteiger partial charge in [0.05, 0.1) is 5.39 Å². The molecule has 116 valence electrons. The zero-order valence-corrected chi connectivity index (χ0v) is 13.7. The van der Waals surface area contributed by atoms with Crippen molar-refractivity contribution in [3.05, 3.63) is 11.3 Å². The van der Waals surface area contributed by atoms with Crippen LogP contribution in [0.25, 0.3) is 11.0 Å². The summed E-state index contributed by atoms with van der Waals surface area (Å²) in [5, 5.41) is 8.61. The van der Waals surface area contributed by atoms with E-state index in [1.807, 2.05) is 7.05 Å². The molecule has 0 radical (unpaired) electrons. The Balaban J connectivity index is 1.82. The largest absolute Gasteiger partial charge is 0.354 e. The van der Waals surface area contributed by atoms with E-state index in [1.165, 1.54) is 6.42 Å². The van der Waals surface area contributed by atoms with Crippen LogP contribution in [0.4, 0.5) is 5.95 Å². The van der Waals surface area contributed by atoms with Gasteiger partial charge in [-0.3, -0.25) is 0 Å². The maximum absolute atomic E-state index is 6.00. The third kappa shape index (κ3) is 4.04. The lowest BCUT2D eigenvalue weighted by Crippen LogP contribution is -2.24. The number of anilines is 1. The lowest BCUT2D eigenvalue weighted by atomic mass is 10.3. The van der Waals surface area contributed by atoms with Crippen LogP contribution in [0.3, 0.4) is 0 Å². The highest BCUT2D eigenvalue weighted by atomic mass is 35.5. The van der Waals surface area contributed by atoms with Crippen molar-refractivity contribution in [2.45, 2.75) is 26.7 Å². The molecule has 2 heterocycles. The predicted molar refractivity (Wildman–Crippen MR) is 86.8 cm³/mol. The molecule has 0 aliphatic heterocycles. The second-order valence-corrected chi connectivity index (χ2v) is 5.36. The quantitative estimate of drug-likeness (QED) is 0.759. The molecule has 0 spiro atoms. The van der Waals surface area contributed by atoms with Crippen LogP contribution in [0.5, 0.6) is 0 Å². The van der Waals surface area contributed by atoms with Gasteiger partial charge in [-0.15, -0.1) is 0 Å². The van der Waals surface area contributed by atoms with E-state index in [4.69, 9.17) is 11.6 Å². The molecule has 2 rings (SSSR count). The molecule has 2 aromatic rings. The van der Waals surface area contributed by atoms with Gasteiger partial charge in [-0.2, -0.15) is 10.1 Å². The van der Waals surface area contributed by atoms with Crippen LogP contribution < -0.4 is 5.32 Å². The summed E-state index contributed by atoms with van der Waals surface area (Å²) < 4.78 is 1.67. The third-order valence-electron chi connectivity index (χ3n) is 3.61. The molecule has 1 N–H and O–H groups in total. The number of fused-ring (bicyclic) bond motifs is 1. The fraction of sp³-hybridized carbons (Fsp3) is 0.643. The first-order valence-electron chi connectivity index (χ1n) is 7.47. The topological polar surface area (TPSA) is 58.9 Å². The van der Waals surface area contributed by atoms with Gasteiger partial charge in [0.1, 0.15) is 0 Å². The smallest absolute Gasteiger partial charge is 0.224 e. The fourth-order valence-corrected chi connectivity index (χ4v) is 2.53. The molecule has 0 saturated carbocycles. The molecular formula is C14H23ClN6. The Labute approximate surface area is 130 Å². The maximum Gasteiger partial charge on any atom is 0.224 e. The monoisotopic (exact) mass is 310 g/mol.